The highest BCUT2D eigenvalue weighted by Gasteiger charge is 2.20. The monoisotopic (exact) mass is 972 g/mol. The van der Waals surface area contributed by atoms with Crippen molar-refractivity contribution in [2.45, 2.75) is 353 Å². The van der Waals surface area contributed by atoms with E-state index in [-0.39, 0.29) is 18.5 Å². The Morgan fingerprint density at radius 3 is 1.13 bits per heavy atom. The van der Waals surface area contributed by atoms with Crippen molar-refractivity contribution < 1.29 is 24.5 Å². The number of allylic oxidation sites excluding steroid dienone is 4. The minimum Gasteiger partial charge on any atom is -0.466 e. The number of hydrogen-bond donors (Lipinski definition) is 3. The summed E-state index contributed by atoms with van der Waals surface area (Å²) in [6, 6.07) is -0.541. The number of nitrogens with one attached hydrogen (secondary N) is 1. The van der Waals surface area contributed by atoms with Crippen LogP contribution in [0.5, 0.6) is 0 Å². The van der Waals surface area contributed by atoms with Gasteiger partial charge in [0.25, 0.3) is 0 Å². The zero-order chi connectivity index (χ0) is 50.0. The SMILES string of the molecule is CCCCC/C=C\C/C=C\CCCCCCCC(=O)OCCCCCCCCCCCCCCCCCCCCCCCCC(=O)NC(CO)C(O)CCCCCCCCCCCCCCCCC. The quantitative estimate of drug-likeness (QED) is 0.0321. The van der Waals surface area contributed by atoms with Crippen molar-refractivity contribution in [2.24, 2.45) is 0 Å². The van der Waals surface area contributed by atoms with E-state index in [1.165, 1.54) is 257 Å². The first-order chi connectivity index (χ1) is 34.0. The maximum Gasteiger partial charge on any atom is 0.305 e. The van der Waals surface area contributed by atoms with Crippen LogP contribution in [0.3, 0.4) is 0 Å². The van der Waals surface area contributed by atoms with Crippen molar-refractivity contribution in [1.29, 1.82) is 0 Å². The average molecular weight is 973 g/mol. The Hall–Kier alpha value is -1.66. The summed E-state index contributed by atoms with van der Waals surface area (Å²) >= 11 is 0. The molecule has 0 heterocycles. The second kappa shape index (κ2) is 58.9. The van der Waals surface area contributed by atoms with Crippen LogP contribution in [0.25, 0.3) is 0 Å². The second-order valence-corrected chi connectivity index (χ2v) is 21.4. The summed E-state index contributed by atoms with van der Waals surface area (Å²) in [5.74, 6) is -0.0337. The van der Waals surface area contributed by atoms with Crippen molar-refractivity contribution in [3.63, 3.8) is 0 Å². The van der Waals surface area contributed by atoms with E-state index in [4.69, 9.17) is 4.74 Å². The second-order valence-electron chi connectivity index (χ2n) is 21.4. The molecule has 0 bridgehead atoms. The molecule has 3 N–H and O–H groups in total. The predicted molar refractivity (Wildman–Crippen MR) is 301 cm³/mol. The van der Waals surface area contributed by atoms with E-state index >= 15 is 0 Å². The van der Waals surface area contributed by atoms with Gasteiger partial charge in [-0.2, -0.15) is 0 Å². The minimum atomic E-state index is -0.664. The molecule has 0 aromatic carbocycles. The van der Waals surface area contributed by atoms with E-state index in [0.717, 1.165) is 51.4 Å². The van der Waals surface area contributed by atoms with Gasteiger partial charge in [-0.15, -0.1) is 0 Å². The zero-order valence-electron chi connectivity index (χ0n) is 46.6. The van der Waals surface area contributed by atoms with Crippen molar-refractivity contribution >= 4 is 11.9 Å². The molecule has 0 saturated heterocycles. The normalized spacial score (nSPS) is 12.7. The van der Waals surface area contributed by atoms with Gasteiger partial charge in [0.1, 0.15) is 0 Å². The Morgan fingerprint density at radius 2 is 0.725 bits per heavy atom. The number of unbranched alkanes of at least 4 members (excludes halogenated alkanes) is 43. The van der Waals surface area contributed by atoms with Crippen LogP contribution in [0.2, 0.25) is 0 Å². The van der Waals surface area contributed by atoms with Gasteiger partial charge in [0.2, 0.25) is 5.91 Å². The fraction of sp³-hybridized carbons (Fsp3) is 0.905. The summed E-state index contributed by atoms with van der Waals surface area (Å²) in [6.07, 6.45) is 71.8. The lowest BCUT2D eigenvalue weighted by Crippen LogP contribution is -2.45. The molecule has 0 aliphatic carbocycles. The van der Waals surface area contributed by atoms with Gasteiger partial charge in [-0.25, -0.2) is 0 Å². The van der Waals surface area contributed by atoms with Crippen molar-refractivity contribution in [3.8, 4) is 0 Å². The number of esters is 1. The highest BCUT2D eigenvalue weighted by molar-refractivity contribution is 5.76. The van der Waals surface area contributed by atoms with Crippen molar-refractivity contribution in [1.82, 2.24) is 5.32 Å². The number of amides is 1. The number of rotatable bonds is 58. The Kier molecular flexibility index (Phi) is 57.5. The molecular formula is C63H121NO5. The molecule has 6 heteroatoms. The van der Waals surface area contributed by atoms with Crippen molar-refractivity contribution in [3.05, 3.63) is 24.3 Å². The van der Waals surface area contributed by atoms with E-state index in [1.54, 1.807) is 0 Å². The molecule has 0 aromatic heterocycles. The number of hydrogen-bond acceptors (Lipinski definition) is 5. The molecule has 0 spiro atoms. The highest BCUT2D eigenvalue weighted by atomic mass is 16.5. The summed E-state index contributed by atoms with van der Waals surface area (Å²) < 4.78 is 5.48. The molecule has 408 valence electrons. The lowest BCUT2D eigenvalue weighted by molar-refractivity contribution is -0.143. The number of aliphatic hydroxyl groups excluding tert-OH is 2. The van der Waals surface area contributed by atoms with Crippen LogP contribution in [0, 0.1) is 0 Å². The van der Waals surface area contributed by atoms with Gasteiger partial charge in [-0.1, -0.05) is 295 Å². The Balaban J connectivity index is 3.38. The van der Waals surface area contributed by atoms with Crippen LogP contribution in [0.15, 0.2) is 24.3 Å². The van der Waals surface area contributed by atoms with Crippen LogP contribution in [-0.2, 0) is 14.3 Å². The summed E-state index contributed by atoms with van der Waals surface area (Å²) in [7, 11) is 0. The maximum absolute atomic E-state index is 12.5. The fourth-order valence-corrected chi connectivity index (χ4v) is 9.73. The summed E-state index contributed by atoms with van der Waals surface area (Å²) in [5, 5.41) is 23.3. The highest BCUT2D eigenvalue weighted by Crippen LogP contribution is 2.18. The van der Waals surface area contributed by atoms with Gasteiger partial charge in [-0.05, 0) is 57.8 Å². The first-order valence-corrected chi connectivity index (χ1v) is 31.1. The molecule has 0 aromatic rings. The van der Waals surface area contributed by atoms with Gasteiger partial charge >= 0.3 is 5.97 Å². The summed E-state index contributed by atoms with van der Waals surface area (Å²) in [4.78, 5) is 24.5. The van der Waals surface area contributed by atoms with Crippen LogP contribution in [0.4, 0.5) is 0 Å². The third kappa shape index (κ3) is 55.5. The molecule has 69 heavy (non-hydrogen) atoms. The molecular weight excluding hydrogens is 851 g/mol. The molecule has 2 unspecified atom stereocenters. The van der Waals surface area contributed by atoms with Crippen LogP contribution >= 0.6 is 0 Å². The molecule has 6 nitrogen and oxygen atoms in total. The predicted octanol–water partition coefficient (Wildman–Crippen LogP) is 19.4. The Bertz CT molecular complexity index is 1080. The third-order valence-electron chi connectivity index (χ3n) is 14.5. The van der Waals surface area contributed by atoms with Gasteiger partial charge in [0, 0.05) is 12.8 Å². The molecule has 1 amide bonds. The molecule has 0 saturated carbocycles. The average Bonchev–Trinajstić information content (AvgIpc) is 3.35. The number of carbonyl (C=O) groups is 2. The van der Waals surface area contributed by atoms with E-state index < -0.39 is 12.1 Å². The Labute approximate surface area is 431 Å². The summed E-state index contributed by atoms with van der Waals surface area (Å²) in [6.45, 7) is 4.94. The largest absolute Gasteiger partial charge is 0.466 e. The topological polar surface area (TPSA) is 95.9 Å². The molecule has 2 atom stereocenters. The lowest BCUT2D eigenvalue weighted by Gasteiger charge is -2.22. The lowest BCUT2D eigenvalue weighted by atomic mass is 10.0. The Morgan fingerprint density at radius 1 is 0.406 bits per heavy atom. The standard InChI is InChI=1S/C63H121NO5/c1-3-5-7-9-11-13-15-17-27-31-35-39-43-47-51-55-61(66)60(59-65)64-62(67)56-52-48-44-40-36-32-29-25-23-21-19-20-22-24-26-30-34-38-42-46-50-54-58-69-63(68)57-53-49-45-41-37-33-28-18-16-14-12-10-8-6-4-2/h12,14,18,28,60-61,65-66H,3-11,13,15-17,19-27,29-59H2,1-2H3,(H,64,67)/b14-12-,28-18-. The van der Waals surface area contributed by atoms with Gasteiger partial charge in [0.05, 0.1) is 25.4 Å². The molecule has 0 aliphatic heterocycles. The first kappa shape index (κ1) is 67.3. The summed E-state index contributed by atoms with van der Waals surface area (Å²) in [5.41, 5.74) is 0. The molecule has 0 aliphatic rings. The van der Waals surface area contributed by atoms with E-state index in [9.17, 15) is 19.8 Å². The first-order valence-electron chi connectivity index (χ1n) is 31.1. The molecule has 0 radical (unpaired) electrons. The van der Waals surface area contributed by atoms with Crippen LogP contribution in [-0.4, -0.2) is 47.4 Å². The number of carbonyl (C=O) groups excluding carboxylic acids is 2. The van der Waals surface area contributed by atoms with Gasteiger partial charge in [0.15, 0.2) is 0 Å². The van der Waals surface area contributed by atoms with Crippen molar-refractivity contribution in [2.75, 3.05) is 13.2 Å². The smallest absolute Gasteiger partial charge is 0.305 e. The van der Waals surface area contributed by atoms with E-state index in [0.29, 0.717) is 25.9 Å². The van der Waals surface area contributed by atoms with Gasteiger partial charge in [-0.3, -0.25) is 9.59 Å². The fourth-order valence-electron chi connectivity index (χ4n) is 9.73. The zero-order valence-corrected chi connectivity index (χ0v) is 46.6. The molecule has 0 fully saturated rings. The third-order valence-corrected chi connectivity index (χ3v) is 14.5. The van der Waals surface area contributed by atoms with Crippen LogP contribution < -0.4 is 5.32 Å². The van der Waals surface area contributed by atoms with Gasteiger partial charge < -0.3 is 20.3 Å². The van der Waals surface area contributed by atoms with E-state index in [1.807, 2.05) is 0 Å². The van der Waals surface area contributed by atoms with E-state index in [2.05, 4.69) is 43.5 Å². The maximum atomic E-state index is 12.5. The number of aliphatic hydroxyl groups is 2. The number of ether oxygens (including phenoxy) is 1. The molecule has 0 rings (SSSR count). The minimum absolute atomic E-state index is 0.000334. The van der Waals surface area contributed by atoms with Crippen LogP contribution in [0.1, 0.15) is 341 Å².